The molecular weight excluding hydrogens is 390 g/mol. The second-order valence-corrected chi connectivity index (χ2v) is 6.85. The zero-order chi connectivity index (χ0) is 15.2. The van der Waals surface area contributed by atoms with Crippen molar-refractivity contribution in [1.82, 2.24) is 0 Å². The number of pyridine rings is 1. The Morgan fingerprint density at radius 1 is 1.10 bits per heavy atom. The molecule has 1 nitrogen and oxygen atoms in total. The summed E-state index contributed by atoms with van der Waals surface area (Å²) in [4.78, 5) is 0. The molecule has 3 heteroatoms. The third-order valence-corrected chi connectivity index (χ3v) is 4.55. The molecule has 0 radical (unpaired) electrons. The molecule has 0 bridgehead atoms. The van der Waals surface area contributed by atoms with E-state index in [2.05, 4.69) is 80.6 Å². The van der Waals surface area contributed by atoms with Crippen LogP contribution < -0.4 is 4.57 Å². The van der Waals surface area contributed by atoms with Crippen LogP contribution in [-0.4, -0.2) is 0 Å². The van der Waals surface area contributed by atoms with Crippen molar-refractivity contribution in [3.8, 4) is 11.8 Å². The Bertz CT molecular complexity index is 696. The molecule has 0 aliphatic carbocycles. The minimum Gasteiger partial charge on any atom is -0.205 e. The molecule has 0 N–H and O–H groups in total. The first-order valence-corrected chi connectivity index (χ1v) is 8.55. The fraction of sp³-hybridized carbons (Fsp3) is 0.278. The van der Waals surface area contributed by atoms with E-state index in [-0.39, 0.29) is 0 Å². The van der Waals surface area contributed by atoms with Gasteiger partial charge in [-0.1, -0.05) is 27.8 Å². The Balaban J connectivity index is 1.89. The van der Waals surface area contributed by atoms with Crippen molar-refractivity contribution < 1.29 is 4.57 Å². The topological polar surface area (TPSA) is 3.88 Å². The van der Waals surface area contributed by atoms with E-state index in [4.69, 9.17) is 0 Å². The van der Waals surface area contributed by atoms with Gasteiger partial charge in [-0.3, -0.25) is 0 Å². The summed E-state index contributed by atoms with van der Waals surface area (Å²) in [5.74, 6) is 6.48. The van der Waals surface area contributed by atoms with E-state index in [9.17, 15) is 0 Å². The number of aryl methyl sites for hydroxylation is 3. The van der Waals surface area contributed by atoms with Gasteiger partial charge in [0.05, 0.1) is 0 Å². The van der Waals surface area contributed by atoms with Gasteiger partial charge in [-0.15, -0.1) is 0 Å². The minimum absolute atomic E-state index is 0.902. The highest BCUT2D eigenvalue weighted by Gasteiger charge is 2.02. The molecule has 0 atom stereocenters. The molecule has 108 valence electrons. The first-order chi connectivity index (χ1) is 10.1. The third kappa shape index (κ3) is 4.98. The molecule has 0 saturated carbocycles. The molecular formula is C18H18Br2N+. The van der Waals surface area contributed by atoms with Crippen molar-refractivity contribution in [1.29, 1.82) is 0 Å². The van der Waals surface area contributed by atoms with E-state index in [0.29, 0.717) is 0 Å². The van der Waals surface area contributed by atoms with Crippen molar-refractivity contribution in [3.05, 3.63) is 62.3 Å². The fourth-order valence-corrected chi connectivity index (χ4v) is 2.68. The molecule has 0 saturated heterocycles. The molecule has 1 heterocycles. The van der Waals surface area contributed by atoms with Gasteiger partial charge < -0.3 is 0 Å². The van der Waals surface area contributed by atoms with Crippen LogP contribution in [0.2, 0.25) is 0 Å². The summed E-state index contributed by atoms with van der Waals surface area (Å²) in [6, 6.07) is 8.22. The number of benzene rings is 1. The predicted octanol–water partition coefficient (Wildman–Crippen LogP) is 4.95. The average Bonchev–Trinajstić information content (AvgIpc) is 2.46. The SMILES string of the molecule is Cc1cc[n+](CCCC#Cc2cc(Br)ccc2Br)cc1C. The number of aromatic nitrogens is 1. The zero-order valence-corrected chi connectivity index (χ0v) is 15.5. The van der Waals surface area contributed by atoms with Gasteiger partial charge in [0.15, 0.2) is 12.4 Å². The Morgan fingerprint density at radius 3 is 2.67 bits per heavy atom. The highest BCUT2D eigenvalue weighted by molar-refractivity contribution is 9.11. The van der Waals surface area contributed by atoms with Crippen molar-refractivity contribution in [2.45, 2.75) is 33.2 Å². The number of rotatable bonds is 3. The first kappa shape index (κ1) is 16.3. The van der Waals surface area contributed by atoms with Gasteiger partial charge in [-0.2, -0.15) is 0 Å². The van der Waals surface area contributed by atoms with Crippen molar-refractivity contribution in [3.63, 3.8) is 0 Å². The van der Waals surface area contributed by atoms with Crippen LogP contribution in [0.1, 0.15) is 29.5 Å². The van der Waals surface area contributed by atoms with Crippen LogP contribution in [-0.2, 0) is 6.54 Å². The minimum atomic E-state index is 0.902. The highest BCUT2D eigenvalue weighted by Crippen LogP contribution is 2.20. The lowest BCUT2D eigenvalue weighted by molar-refractivity contribution is -0.697. The van der Waals surface area contributed by atoms with Crippen LogP contribution in [0.3, 0.4) is 0 Å². The van der Waals surface area contributed by atoms with Crippen LogP contribution in [0, 0.1) is 25.7 Å². The largest absolute Gasteiger partial charge is 0.205 e. The van der Waals surface area contributed by atoms with Crippen LogP contribution in [0.15, 0.2) is 45.6 Å². The lowest BCUT2D eigenvalue weighted by Gasteiger charge is -1.99. The van der Waals surface area contributed by atoms with Crippen LogP contribution in [0.4, 0.5) is 0 Å². The van der Waals surface area contributed by atoms with E-state index in [0.717, 1.165) is 33.9 Å². The summed E-state index contributed by atoms with van der Waals surface area (Å²) >= 11 is 6.99. The molecule has 0 unspecified atom stereocenters. The number of halogens is 2. The monoisotopic (exact) mass is 406 g/mol. The summed E-state index contributed by atoms with van der Waals surface area (Å²) in [7, 11) is 0. The second-order valence-electron chi connectivity index (χ2n) is 5.08. The summed E-state index contributed by atoms with van der Waals surface area (Å²) in [5.41, 5.74) is 3.70. The lowest BCUT2D eigenvalue weighted by atomic mass is 10.2. The molecule has 2 aromatic rings. The van der Waals surface area contributed by atoms with E-state index in [1.807, 2.05) is 18.2 Å². The maximum absolute atomic E-state index is 3.52. The Labute approximate surface area is 143 Å². The molecule has 21 heavy (non-hydrogen) atoms. The quantitative estimate of drug-likeness (QED) is 0.385. The number of nitrogens with zero attached hydrogens (tertiary/aromatic N) is 1. The maximum Gasteiger partial charge on any atom is 0.171 e. The summed E-state index contributed by atoms with van der Waals surface area (Å²) in [5, 5.41) is 0. The van der Waals surface area contributed by atoms with Gasteiger partial charge in [-0.25, -0.2) is 4.57 Å². The fourth-order valence-electron chi connectivity index (χ4n) is 1.97. The van der Waals surface area contributed by atoms with Crippen LogP contribution >= 0.6 is 31.9 Å². The van der Waals surface area contributed by atoms with Gasteiger partial charge in [-0.05, 0) is 53.5 Å². The first-order valence-electron chi connectivity index (χ1n) is 6.96. The molecule has 0 spiro atoms. The number of unbranched alkanes of at least 4 members (excludes halogenated alkanes) is 1. The molecule has 0 aliphatic heterocycles. The average molecular weight is 408 g/mol. The van der Waals surface area contributed by atoms with Gasteiger partial charge in [0.25, 0.3) is 0 Å². The summed E-state index contributed by atoms with van der Waals surface area (Å²) < 4.78 is 4.33. The van der Waals surface area contributed by atoms with E-state index < -0.39 is 0 Å². The molecule has 0 fully saturated rings. The molecule has 2 rings (SSSR count). The number of hydrogen-bond acceptors (Lipinski definition) is 0. The standard InChI is InChI=1S/C18H18Br2N/c1-14-9-11-21(13-15(14)2)10-5-3-4-6-16-12-17(19)7-8-18(16)20/h7-9,11-13H,3,5,10H2,1-2H3/q+1. The van der Waals surface area contributed by atoms with Gasteiger partial charge in [0.2, 0.25) is 0 Å². The van der Waals surface area contributed by atoms with Gasteiger partial charge >= 0.3 is 0 Å². The lowest BCUT2D eigenvalue weighted by Crippen LogP contribution is -2.33. The van der Waals surface area contributed by atoms with Gasteiger partial charge in [0, 0.05) is 39.0 Å². The van der Waals surface area contributed by atoms with Gasteiger partial charge in [0.1, 0.15) is 6.54 Å². The van der Waals surface area contributed by atoms with Crippen molar-refractivity contribution in [2.75, 3.05) is 0 Å². The Hall–Kier alpha value is -1.11. The maximum atomic E-state index is 3.52. The predicted molar refractivity (Wildman–Crippen MR) is 94.1 cm³/mol. The molecule has 0 amide bonds. The zero-order valence-electron chi connectivity index (χ0n) is 12.3. The highest BCUT2D eigenvalue weighted by atomic mass is 79.9. The van der Waals surface area contributed by atoms with Crippen molar-refractivity contribution in [2.24, 2.45) is 0 Å². The molecule has 0 aliphatic rings. The van der Waals surface area contributed by atoms with E-state index in [1.54, 1.807) is 0 Å². The van der Waals surface area contributed by atoms with Crippen LogP contribution in [0.25, 0.3) is 0 Å². The van der Waals surface area contributed by atoms with E-state index >= 15 is 0 Å². The third-order valence-electron chi connectivity index (χ3n) is 3.37. The smallest absolute Gasteiger partial charge is 0.171 e. The molecule has 1 aromatic carbocycles. The van der Waals surface area contributed by atoms with Crippen LogP contribution in [0.5, 0.6) is 0 Å². The van der Waals surface area contributed by atoms with Crippen molar-refractivity contribution >= 4 is 31.9 Å². The normalized spacial score (nSPS) is 10.1. The molecule has 1 aromatic heterocycles. The van der Waals surface area contributed by atoms with E-state index in [1.165, 1.54) is 11.1 Å². The summed E-state index contributed by atoms with van der Waals surface area (Å²) in [6.45, 7) is 5.30. The Morgan fingerprint density at radius 2 is 1.90 bits per heavy atom. The summed E-state index contributed by atoms with van der Waals surface area (Å²) in [6.07, 6.45) is 6.30. The number of hydrogen-bond donors (Lipinski definition) is 0. The Kier molecular flexibility index (Phi) is 6.02. The second kappa shape index (κ2) is 7.77.